The van der Waals surface area contributed by atoms with Crippen LogP contribution in [0.5, 0.6) is 0 Å². The van der Waals surface area contributed by atoms with Crippen LogP contribution in [0.1, 0.15) is 36.6 Å². The Labute approximate surface area is 131 Å². The molecule has 3 nitrogen and oxygen atoms in total. The Kier molecular flexibility index (Phi) is 5.42. The Balaban J connectivity index is 2.03. The van der Waals surface area contributed by atoms with Crippen molar-refractivity contribution < 1.29 is 8.42 Å². The van der Waals surface area contributed by atoms with Crippen molar-refractivity contribution in [3.63, 3.8) is 0 Å². The monoisotopic (exact) mass is 323 g/mol. The molecule has 0 unspecified atom stereocenters. The fourth-order valence-electron chi connectivity index (χ4n) is 2.08. The minimum absolute atomic E-state index is 0.354. The van der Waals surface area contributed by atoms with Crippen LogP contribution in [-0.4, -0.2) is 8.42 Å². The van der Waals surface area contributed by atoms with E-state index in [1.807, 2.05) is 37.3 Å². The molecule has 0 aliphatic rings. The Morgan fingerprint density at radius 2 is 1.76 bits per heavy atom. The molecule has 5 heteroatoms. The molecule has 0 fully saturated rings. The van der Waals surface area contributed by atoms with Gasteiger partial charge in [-0.05, 0) is 49.6 Å². The Morgan fingerprint density at radius 3 is 2.33 bits per heavy atom. The number of benzene rings is 1. The Bertz CT molecular complexity index is 673. The molecule has 0 spiro atoms. The number of rotatable bonds is 7. The lowest BCUT2D eigenvalue weighted by molar-refractivity contribution is 0.603. The van der Waals surface area contributed by atoms with Crippen LogP contribution in [0.15, 0.2) is 40.6 Å². The van der Waals surface area contributed by atoms with Gasteiger partial charge in [-0.25, -0.2) is 8.42 Å². The van der Waals surface area contributed by atoms with E-state index in [1.54, 1.807) is 6.07 Å². The van der Waals surface area contributed by atoms with Crippen molar-refractivity contribution in [2.75, 3.05) is 4.72 Å². The van der Waals surface area contributed by atoms with Crippen molar-refractivity contribution in [2.24, 2.45) is 0 Å². The SMILES string of the molecule is CCCCCc1ccc(NS(=O)(=O)c2ccc(C)s2)cc1. The van der Waals surface area contributed by atoms with Gasteiger partial charge in [-0.2, -0.15) is 0 Å². The maximum Gasteiger partial charge on any atom is 0.271 e. The number of sulfonamides is 1. The topological polar surface area (TPSA) is 46.2 Å². The highest BCUT2D eigenvalue weighted by Crippen LogP contribution is 2.23. The van der Waals surface area contributed by atoms with Crippen LogP contribution in [-0.2, 0) is 16.4 Å². The standard InChI is InChI=1S/C16H21NO2S2/c1-3-4-5-6-14-8-10-15(11-9-14)17-21(18,19)16-12-7-13(2)20-16/h7-12,17H,3-6H2,1-2H3. The number of hydrogen-bond acceptors (Lipinski definition) is 3. The van der Waals surface area contributed by atoms with E-state index in [0.29, 0.717) is 9.90 Å². The lowest BCUT2D eigenvalue weighted by Crippen LogP contribution is -2.11. The maximum atomic E-state index is 12.2. The van der Waals surface area contributed by atoms with Gasteiger partial charge in [-0.1, -0.05) is 31.9 Å². The second-order valence-corrected chi connectivity index (χ2v) is 8.32. The van der Waals surface area contributed by atoms with Crippen LogP contribution in [0.2, 0.25) is 0 Å². The molecule has 1 aromatic heterocycles. The van der Waals surface area contributed by atoms with Crippen molar-refractivity contribution in [3.8, 4) is 0 Å². The molecule has 1 aromatic carbocycles. The number of thiophene rings is 1. The number of unbranched alkanes of at least 4 members (excludes halogenated alkanes) is 2. The van der Waals surface area contributed by atoms with Gasteiger partial charge in [0.05, 0.1) is 0 Å². The van der Waals surface area contributed by atoms with E-state index in [9.17, 15) is 8.42 Å². The lowest BCUT2D eigenvalue weighted by Gasteiger charge is -2.07. The number of nitrogens with one attached hydrogen (secondary N) is 1. The molecule has 114 valence electrons. The van der Waals surface area contributed by atoms with Gasteiger partial charge in [0.2, 0.25) is 0 Å². The van der Waals surface area contributed by atoms with Crippen LogP contribution < -0.4 is 4.72 Å². The summed E-state index contributed by atoms with van der Waals surface area (Å²) in [6.07, 6.45) is 4.66. The molecule has 2 rings (SSSR count). The van der Waals surface area contributed by atoms with Gasteiger partial charge in [0.1, 0.15) is 4.21 Å². The summed E-state index contributed by atoms with van der Waals surface area (Å²) in [4.78, 5) is 0.988. The van der Waals surface area contributed by atoms with Crippen molar-refractivity contribution in [1.29, 1.82) is 0 Å². The summed E-state index contributed by atoms with van der Waals surface area (Å²) < 4.78 is 27.4. The van der Waals surface area contributed by atoms with E-state index in [-0.39, 0.29) is 0 Å². The van der Waals surface area contributed by atoms with Crippen LogP contribution in [0.4, 0.5) is 5.69 Å². The third-order valence-corrected chi connectivity index (χ3v) is 6.13. The van der Waals surface area contributed by atoms with Crippen LogP contribution in [0.3, 0.4) is 0 Å². The highest BCUT2D eigenvalue weighted by atomic mass is 32.2. The maximum absolute atomic E-state index is 12.2. The van der Waals surface area contributed by atoms with Crippen molar-refractivity contribution in [3.05, 3.63) is 46.8 Å². The second-order valence-electron chi connectivity index (χ2n) is 5.12. The second kappa shape index (κ2) is 7.09. The Hall–Kier alpha value is -1.33. The van der Waals surface area contributed by atoms with Crippen LogP contribution in [0.25, 0.3) is 0 Å². The van der Waals surface area contributed by atoms with Gasteiger partial charge in [0, 0.05) is 10.6 Å². The van der Waals surface area contributed by atoms with Gasteiger partial charge in [0.15, 0.2) is 0 Å². The minimum atomic E-state index is -3.46. The van der Waals surface area contributed by atoms with Crippen LogP contribution in [0, 0.1) is 6.92 Å². The summed E-state index contributed by atoms with van der Waals surface area (Å²) in [5, 5.41) is 0. The third-order valence-electron chi connectivity index (χ3n) is 3.26. The van der Waals surface area contributed by atoms with Gasteiger partial charge >= 0.3 is 0 Å². The van der Waals surface area contributed by atoms with Gasteiger partial charge in [0.25, 0.3) is 10.0 Å². The van der Waals surface area contributed by atoms with E-state index in [1.165, 1.54) is 36.2 Å². The first-order chi connectivity index (χ1) is 10.0. The number of aryl methyl sites for hydroxylation is 2. The zero-order chi connectivity index (χ0) is 15.3. The summed E-state index contributed by atoms with van der Waals surface area (Å²) in [6, 6.07) is 11.1. The zero-order valence-electron chi connectivity index (χ0n) is 12.4. The Morgan fingerprint density at radius 1 is 1.05 bits per heavy atom. The predicted molar refractivity (Wildman–Crippen MR) is 89.5 cm³/mol. The molecular weight excluding hydrogens is 302 g/mol. The van der Waals surface area contributed by atoms with Crippen molar-refractivity contribution >= 4 is 27.0 Å². The molecule has 0 atom stereocenters. The molecule has 1 N–H and O–H groups in total. The largest absolute Gasteiger partial charge is 0.279 e. The molecule has 0 bridgehead atoms. The highest BCUT2D eigenvalue weighted by molar-refractivity contribution is 7.94. The first-order valence-electron chi connectivity index (χ1n) is 7.19. The third kappa shape index (κ3) is 4.58. The highest BCUT2D eigenvalue weighted by Gasteiger charge is 2.15. The number of anilines is 1. The molecule has 21 heavy (non-hydrogen) atoms. The molecule has 0 radical (unpaired) electrons. The van der Waals surface area contributed by atoms with E-state index in [0.717, 1.165) is 11.3 Å². The average Bonchev–Trinajstić information content (AvgIpc) is 2.88. The normalized spacial score (nSPS) is 11.5. The molecule has 2 aromatic rings. The van der Waals surface area contributed by atoms with Crippen molar-refractivity contribution in [1.82, 2.24) is 0 Å². The van der Waals surface area contributed by atoms with E-state index >= 15 is 0 Å². The van der Waals surface area contributed by atoms with Gasteiger partial charge < -0.3 is 0 Å². The number of hydrogen-bond donors (Lipinski definition) is 1. The summed E-state index contributed by atoms with van der Waals surface area (Å²) in [6.45, 7) is 4.08. The van der Waals surface area contributed by atoms with E-state index in [2.05, 4.69) is 11.6 Å². The molecule has 0 saturated carbocycles. The summed E-state index contributed by atoms with van der Waals surface area (Å²) in [5.41, 5.74) is 1.86. The molecular formula is C16H21NO2S2. The first kappa shape index (κ1) is 16.0. The van der Waals surface area contributed by atoms with E-state index < -0.39 is 10.0 Å². The van der Waals surface area contributed by atoms with Gasteiger partial charge in [-0.15, -0.1) is 11.3 Å². The summed E-state index contributed by atoms with van der Waals surface area (Å²) >= 11 is 1.28. The molecule has 0 aliphatic heterocycles. The fourth-order valence-corrected chi connectivity index (χ4v) is 4.42. The van der Waals surface area contributed by atoms with Gasteiger partial charge in [-0.3, -0.25) is 4.72 Å². The molecule has 0 amide bonds. The lowest BCUT2D eigenvalue weighted by atomic mass is 10.1. The minimum Gasteiger partial charge on any atom is -0.279 e. The zero-order valence-corrected chi connectivity index (χ0v) is 14.1. The molecule has 1 heterocycles. The summed E-state index contributed by atoms with van der Waals surface area (Å²) in [5.74, 6) is 0. The van der Waals surface area contributed by atoms with E-state index in [4.69, 9.17) is 0 Å². The first-order valence-corrected chi connectivity index (χ1v) is 9.49. The molecule has 0 aliphatic carbocycles. The fraction of sp³-hybridized carbons (Fsp3) is 0.375. The van der Waals surface area contributed by atoms with Crippen LogP contribution >= 0.6 is 11.3 Å². The quantitative estimate of drug-likeness (QED) is 0.757. The summed E-state index contributed by atoms with van der Waals surface area (Å²) in [7, 11) is -3.46. The average molecular weight is 323 g/mol. The molecule has 0 saturated heterocycles. The smallest absolute Gasteiger partial charge is 0.271 e. The predicted octanol–water partition coefficient (Wildman–Crippen LogP) is 4.59. The van der Waals surface area contributed by atoms with Crippen molar-refractivity contribution in [2.45, 2.75) is 43.7 Å².